The summed E-state index contributed by atoms with van der Waals surface area (Å²) in [5.74, 6) is 0.837. The molecule has 0 radical (unpaired) electrons. The molecule has 1 aromatic carbocycles. The van der Waals surface area contributed by atoms with E-state index in [2.05, 4.69) is 26.8 Å². The van der Waals surface area contributed by atoms with E-state index < -0.39 is 0 Å². The van der Waals surface area contributed by atoms with Gasteiger partial charge in [-0.05, 0) is 37.6 Å². The third kappa shape index (κ3) is 4.34. The van der Waals surface area contributed by atoms with Crippen molar-refractivity contribution >= 4 is 11.7 Å². The molecule has 3 rings (SSSR count). The van der Waals surface area contributed by atoms with Gasteiger partial charge in [-0.1, -0.05) is 18.2 Å². The number of amides is 1. The van der Waals surface area contributed by atoms with Crippen LogP contribution in [0.25, 0.3) is 11.3 Å². The van der Waals surface area contributed by atoms with Gasteiger partial charge in [-0.25, -0.2) is 9.97 Å². The molecule has 2 heterocycles. The Kier molecular flexibility index (Phi) is 5.99. The predicted molar refractivity (Wildman–Crippen MR) is 111 cm³/mol. The zero-order valence-electron chi connectivity index (χ0n) is 16.8. The zero-order valence-corrected chi connectivity index (χ0v) is 16.8. The molecule has 0 N–H and O–H groups in total. The van der Waals surface area contributed by atoms with Gasteiger partial charge in [0.05, 0.1) is 17.9 Å². The number of hydrogen-bond donors (Lipinski definition) is 0. The van der Waals surface area contributed by atoms with Crippen molar-refractivity contribution in [2.45, 2.75) is 20.4 Å². The lowest BCUT2D eigenvalue weighted by Crippen LogP contribution is -2.27. The molecular weight excluding hydrogens is 350 g/mol. The molecule has 1 amide bonds. The fourth-order valence-electron chi connectivity index (χ4n) is 2.86. The number of hydrogen-bond acceptors (Lipinski definition) is 5. The summed E-state index contributed by atoms with van der Waals surface area (Å²) in [7, 11) is 3.79. The van der Waals surface area contributed by atoms with Crippen molar-refractivity contribution in [2.75, 3.05) is 25.5 Å². The highest BCUT2D eigenvalue weighted by Crippen LogP contribution is 2.21. The van der Waals surface area contributed by atoms with Gasteiger partial charge in [0.15, 0.2) is 0 Å². The quantitative estimate of drug-likeness (QED) is 0.659. The van der Waals surface area contributed by atoms with Crippen LogP contribution < -0.4 is 4.90 Å². The maximum Gasteiger partial charge on any atom is 0.253 e. The fourth-order valence-corrected chi connectivity index (χ4v) is 2.86. The fraction of sp³-hybridized carbons (Fsp3) is 0.273. The third-order valence-corrected chi connectivity index (χ3v) is 4.80. The Hall–Kier alpha value is -3.28. The Balaban J connectivity index is 1.75. The normalized spacial score (nSPS) is 10.6. The molecule has 2 aromatic heterocycles. The summed E-state index contributed by atoms with van der Waals surface area (Å²) in [4.78, 5) is 29.5. The van der Waals surface area contributed by atoms with E-state index in [4.69, 9.17) is 0 Å². The van der Waals surface area contributed by atoms with Gasteiger partial charge in [0.25, 0.3) is 5.91 Å². The molecule has 0 unspecified atom stereocenters. The van der Waals surface area contributed by atoms with Crippen LogP contribution in [0.4, 0.5) is 5.82 Å². The monoisotopic (exact) mass is 375 g/mol. The first-order chi connectivity index (χ1) is 13.5. The van der Waals surface area contributed by atoms with E-state index in [1.807, 2.05) is 56.4 Å². The zero-order chi connectivity index (χ0) is 20.1. The number of benzene rings is 1. The molecule has 0 aliphatic carbocycles. The van der Waals surface area contributed by atoms with E-state index in [0.717, 1.165) is 34.9 Å². The molecule has 3 aromatic rings. The van der Waals surface area contributed by atoms with Crippen LogP contribution in [0.3, 0.4) is 0 Å². The number of anilines is 1. The van der Waals surface area contributed by atoms with Gasteiger partial charge in [-0.2, -0.15) is 0 Å². The average molecular weight is 375 g/mol. The number of aryl methyl sites for hydroxylation is 1. The van der Waals surface area contributed by atoms with Crippen molar-refractivity contribution in [2.24, 2.45) is 0 Å². The molecule has 144 valence electrons. The summed E-state index contributed by atoms with van der Waals surface area (Å²) in [5.41, 5.74) is 4.41. The molecule has 0 aliphatic rings. The second kappa shape index (κ2) is 8.61. The predicted octanol–water partition coefficient (Wildman–Crippen LogP) is 3.58. The van der Waals surface area contributed by atoms with Crippen molar-refractivity contribution < 1.29 is 4.79 Å². The van der Waals surface area contributed by atoms with Gasteiger partial charge in [-0.15, -0.1) is 0 Å². The van der Waals surface area contributed by atoms with E-state index in [9.17, 15) is 4.79 Å². The molecule has 0 bridgehead atoms. The van der Waals surface area contributed by atoms with Gasteiger partial charge in [0, 0.05) is 44.0 Å². The van der Waals surface area contributed by atoms with Crippen molar-refractivity contribution in [3.8, 4) is 11.3 Å². The van der Waals surface area contributed by atoms with E-state index in [-0.39, 0.29) is 5.91 Å². The van der Waals surface area contributed by atoms with Gasteiger partial charge in [-0.3, -0.25) is 9.78 Å². The van der Waals surface area contributed by atoms with Crippen LogP contribution in [0.2, 0.25) is 0 Å². The van der Waals surface area contributed by atoms with Crippen LogP contribution >= 0.6 is 0 Å². The van der Waals surface area contributed by atoms with Gasteiger partial charge < -0.3 is 9.80 Å². The van der Waals surface area contributed by atoms with Crippen LogP contribution in [-0.2, 0) is 6.54 Å². The summed E-state index contributed by atoms with van der Waals surface area (Å²) < 4.78 is 0. The molecule has 0 atom stereocenters. The second-order valence-corrected chi connectivity index (χ2v) is 6.78. The second-order valence-electron chi connectivity index (χ2n) is 6.78. The molecule has 6 nitrogen and oxygen atoms in total. The van der Waals surface area contributed by atoms with Crippen LogP contribution in [-0.4, -0.2) is 46.4 Å². The summed E-state index contributed by atoms with van der Waals surface area (Å²) in [6.07, 6.45) is 3.32. The lowest BCUT2D eigenvalue weighted by molar-refractivity contribution is 0.0783. The molecule has 0 spiro atoms. The van der Waals surface area contributed by atoms with Gasteiger partial charge in [0.2, 0.25) is 0 Å². The minimum absolute atomic E-state index is 0.0364. The minimum Gasteiger partial charge on any atom is -0.360 e. The molecule has 0 fully saturated rings. The molecular formula is C22H25N5O. The maximum atomic E-state index is 12.8. The first-order valence-corrected chi connectivity index (χ1v) is 9.29. The Labute approximate surface area is 165 Å². The standard InChI is InChI=1S/C22H25N5O/c1-5-26(3)21-13-19(24-15-25-21)17-8-10-18(11-9-17)22(28)27(4)14-20-16(2)7-6-12-23-20/h6-13,15H,5,14H2,1-4H3. The number of aromatic nitrogens is 3. The summed E-state index contributed by atoms with van der Waals surface area (Å²) in [5, 5.41) is 0. The Morgan fingerprint density at radius 1 is 1.04 bits per heavy atom. The van der Waals surface area contributed by atoms with E-state index >= 15 is 0 Å². The van der Waals surface area contributed by atoms with Crippen molar-refractivity contribution in [1.29, 1.82) is 0 Å². The van der Waals surface area contributed by atoms with Crippen molar-refractivity contribution in [3.05, 3.63) is 71.8 Å². The number of nitrogens with zero attached hydrogens (tertiary/aromatic N) is 5. The number of carbonyl (C=O) groups excluding carboxylic acids is 1. The largest absolute Gasteiger partial charge is 0.360 e. The lowest BCUT2D eigenvalue weighted by Gasteiger charge is -2.18. The van der Waals surface area contributed by atoms with Crippen LogP contribution in [0.15, 0.2) is 55.0 Å². The van der Waals surface area contributed by atoms with E-state index in [1.165, 1.54) is 0 Å². The van der Waals surface area contributed by atoms with Gasteiger partial charge >= 0.3 is 0 Å². The lowest BCUT2D eigenvalue weighted by atomic mass is 10.1. The highest BCUT2D eigenvalue weighted by Gasteiger charge is 2.14. The minimum atomic E-state index is -0.0364. The van der Waals surface area contributed by atoms with Crippen molar-refractivity contribution in [3.63, 3.8) is 0 Å². The highest BCUT2D eigenvalue weighted by molar-refractivity contribution is 5.94. The number of pyridine rings is 1. The molecule has 0 saturated carbocycles. The molecule has 6 heteroatoms. The van der Waals surface area contributed by atoms with Crippen LogP contribution in [0.1, 0.15) is 28.5 Å². The molecule has 28 heavy (non-hydrogen) atoms. The van der Waals surface area contributed by atoms with E-state index in [1.54, 1.807) is 24.5 Å². The number of carbonyl (C=O) groups is 1. The summed E-state index contributed by atoms with van der Waals surface area (Å²) in [6, 6.07) is 13.4. The average Bonchev–Trinajstić information content (AvgIpc) is 2.74. The first kappa shape index (κ1) is 19.5. The first-order valence-electron chi connectivity index (χ1n) is 9.29. The molecule has 0 aliphatic heterocycles. The Morgan fingerprint density at radius 2 is 1.79 bits per heavy atom. The van der Waals surface area contributed by atoms with Gasteiger partial charge in [0.1, 0.15) is 12.1 Å². The Bertz CT molecular complexity index is 955. The van der Waals surface area contributed by atoms with Crippen molar-refractivity contribution in [1.82, 2.24) is 19.9 Å². The Morgan fingerprint density at radius 3 is 2.46 bits per heavy atom. The smallest absolute Gasteiger partial charge is 0.253 e. The number of rotatable bonds is 6. The maximum absolute atomic E-state index is 12.8. The molecule has 0 saturated heterocycles. The highest BCUT2D eigenvalue weighted by atomic mass is 16.2. The van der Waals surface area contributed by atoms with Crippen LogP contribution in [0.5, 0.6) is 0 Å². The third-order valence-electron chi connectivity index (χ3n) is 4.80. The summed E-state index contributed by atoms with van der Waals surface area (Å²) >= 11 is 0. The van der Waals surface area contributed by atoms with Crippen LogP contribution in [0, 0.1) is 6.92 Å². The van der Waals surface area contributed by atoms with E-state index in [0.29, 0.717) is 12.1 Å². The topological polar surface area (TPSA) is 62.2 Å². The SMILES string of the molecule is CCN(C)c1cc(-c2ccc(C(=O)N(C)Cc3ncccc3C)cc2)ncn1. The summed E-state index contributed by atoms with van der Waals surface area (Å²) in [6.45, 7) is 5.42.